The lowest BCUT2D eigenvalue weighted by molar-refractivity contribution is -0.120. The summed E-state index contributed by atoms with van der Waals surface area (Å²) >= 11 is 1.52. The first kappa shape index (κ1) is 16.4. The fourth-order valence-electron chi connectivity index (χ4n) is 3.14. The van der Waals surface area contributed by atoms with Crippen LogP contribution in [0.4, 0.5) is 4.39 Å². The lowest BCUT2D eigenvalue weighted by atomic mass is 10.0. The maximum Gasteiger partial charge on any atom is 0.252 e. The van der Waals surface area contributed by atoms with Crippen LogP contribution >= 0.6 is 11.3 Å². The number of aryl methyl sites for hydroxylation is 1. The van der Waals surface area contributed by atoms with Gasteiger partial charge in [-0.15, -0.1) is 11.3 Å². The van der Waals surface area contributed by atoms with Crippen LogP contribution in [0.1, 0.15) is 44.7 Å². The van der Waals surface area contributed by atoms with E-state index in [9.17, 15) is 9.18 Å². The Morgan fingerprint density at radius 1 is 1.29 bits per heavy atom. The van der Waals surface area contributed by atoms with Crippen molar-refractivity contribution in [1.29, 1.82) is 0 Å². The fraction of sp³-hybridized carbons (Fsp3) is 0.750. The summed E-state index contributed by atoms with van der Waals surface area (Å²) in [5.74, 6) is -0.0671. The monoisotopic (exact) mass is 311 g/mol. The van der Waals surface area contributed by atoms with Gasteiger partial charge < -0.3 is 4.57 Å². The van der Waals surface area contributed by atoms with E-state index in [-0.39, 0.29) is 29.3 Å². The number of halogens is 1. The van der Waals surface area contributed by atoms with Gasteiger partial charge in [-0.2, -0.15) is 4.99 Å². The molecule has 1 aliphatic carbocycles. The Morgan fingerprint density at radius 2 is 1.86 bits per heavy atom. The van der Waals surface area contributed by atoms with Crippen molar-refractivity contribution in [2.75, 3.05) is 6.67 Å². The lowest BCUT2D eigenvalue weighted by Crippen LogP contribution is -2.20. The van der Waals surface area contributed by atoms with Gasteiger partial charge in [0.15, 0.2) is 4.80 Å². The average molecular weight is 311 g/mol. The number of amides is 1. The summed E-state index contributed by atoms with van der Waals surface area (Å²) in [7, 11) is 0. The first-order valence-corrected chi connectivity index (χ1v) is 8.27. The Kier molecular flexibility index (Phi) is 4.17. The molecule has 0 atom stereocenters. The molecule has 2 rings (SSSR count). The number of alkyl halides is 1. The van der Waals surface area contributed by atoms with E-state index in [2.05, 4.69) is 32.7 Å². The fourth-order valence-corrected chi connectivity index (χ4v) is 4.14. The van der Waals surface area contributed by atoms with Crippen LogP contribution in [0, 0.1) is 30.6 Å². The van der Waals surface area contributed by atoms with Crippen molar-refractivity contribution in [2.45, 2.75) is 54.5 Å². The van der Waals surface area contributed by atoms with Crippen LogP contribution in [0.15, 0.2) is 4.99 Å². The minimum absolute atomic E-state index is 0.00129. The molecule has 3 nitrogen and oxygen atoms in total. The molecule has 0 aliphatic heterocycles. The molecular weight excluding hydrogens is 286 g/mol. The second kappa shape index (κ2) is 5.34. The van der Waals surface area contributed by atoms with Crippen LogP contribution in [0.2, 0.25) is 0 Å². The van der Waals surface area contributed by atoms with Crippen molar-refractivity contribution < 1.29 is 9.18 Å². The molecule has 0 radical (unpaired) electrons. The predicted octanol–water partition coefficient (Wildman–Crippen LogP) is 3.64. The molecule has 1 amide bonds. The van der Waals surface area contributed by atoms with Crippen LogP contribution < -0.4 is 4.80 Å². The first-order valence-electron chi connectivity index (χ1n) is 7.46. The number of thiazole rings is 1. The van der Waals surface area contributed by atoms with Gasteiger partial charge in [-0.25, -0.2) is 0 Å². The van der Waals surface area contributed by atoms with Gasteiger partial charge in [0.2, 0.25) is 0 Å². The quantitative estimate of drug-likeness (QED) is 0.836. The van der Waals surface area contributed by atoms with Crippen LogP contribution in [0.3, 0.4) is 0 Å². The Balaban J connectivity index is 2.34. The molecule has 0 saturated heterocycles. The van der Waals surface area contributed by atoms with E-state index in [1.54, 1.807) is 0 Å². The van der Waals surface area contributed by atoms with Crippen molar-refractivity contribution in [3.63, 3.8) is 0 Å². The third-order valence-electron chi connectivity index (χ3n) is 5.38. The number of carbonyl (C=O) groups is 1. The van der Waals surface area contributed by atoms with Crippen molar-refractivity contribution in [2.24, 2.45) is 21.7 Å². The molecule has 0 aromatic carbocycles. The molecule has 0 N–H and O–H groups in total. The van der Waals surface area contributed by atoms with Gasteiger partial charge in [0, 0.05) is 17.1 Å². The molecule has 1 saturated carbocycles. The minimum atomic E-state index is -0.350. The highest BCUT2D eigenvalue weighted by molar-refractivity contribution is 7.09. The van der Waals surface area contributed by atoms with E-state index in [1.807, 2.05) is 18.4 Å². The molecule has 21 heavy (non-hydrogen) atoms. The first-order chi connectivity index (χ1) is 9.64. The van der Waals surface area contributed by atoms with E-state index in [4.69, 9.17) is 0 Å². The molecule has 1 aliphatic rings. The molecule has 1 aromatic rings. The third kappa shape index (κ3) is 2.60. The summed E-state index contributed by atoms with van der Waals surface area (Å²) in [5.41, 5.74) is 1.08. The largest absolute Gasteiger partial charge is 0.321 e. The normalized spacial score (nSPS) is 20.8. The summed E-state index contributed by atoms with van der Waals surface area (Å²) in [6, 6.07) is 0. The van der Waals surface area contributed by atoms with Gasteiger partial charge in [-0.3, -0.25) is 9.18 Å². The standard InChI is InChI=1S/C16H25FN2OS/c1-10-11(2)21-14(19(10)9-7-8-17)18-13(20)12-15(3,4)16(12,5)6/h12H,7-9H2,1-6H3/i17-1. The Labute approximate surface area is 129 Å². The van der Waals surface area contributed by atoms with Gasteiger partial charge in [0.1, 0.15) is 0 Å². The summed E-state index contributed by atoms with van der Waals surface area (Å²) in [5, 5.41) is 0. The number of carbonyl (C=O) groups excluding carboxylic acids is 1. The lowest BCUT2D eigenvalue weighted by Gasteiger charge is -2.04. The van der Waals surface area contributed by atoms with Gasteiger partial charge in [-0.1, -0.05) is 27.7 Å². The van der Waals surface area contributed by atoms with E-state index >= 15 is 0 Å². The highest BCUT2D eigenvalue weighted by Crippen LogP contribution is 2.68. The van der Waals surface area contributed by atoms with Crippen molar-refractivity contribution in [1.82, 2.24) is 4.57 Å². The third-order valence-corrected chi connectivity index (χ3v) is 6.47. The second-order valence-corrected chi connectivity index (χ2v) is 8.23. The predicted molar refractivity (Wildman–Crippen MR) is 84.0 cm³/mol. The highest BCUT2D eigenvalue weighted by atomic mass is 32.1. The summed E-state index contributed by atoms with van der Waals surface area (Å²) in [6.45, 7) is 12.7. The Bertz CT molecular complexity index is 611. The van der Waals surface area contributed by atoms with Crippen LogP contribution in [0.25, 0.3) is 0 Å². The number of hydrogen-bond donors (Lipinski definition) is 0. The van der Waals surface area contributed by atoms with Crippen LogP contribution in [-0.4, -0.2) is 17.1 Å². The molecule has 1 heterocycles. The topological polar surface area (TPSA) is 34.4 Å². The zero-order chi connectivity index (χ0) is 16.0. The molecule has 118 valence electrons. The summed E-state index contributed by atoms with van der Waals surface area (Å²) in [6.07, 6.45) is 0.457. The number of hydrogen-bond acceptors (Lipinski definition) is 2. The molecule has 0 unspecified atom stereocenters. The highest BCUT2D eigenvalue weighted by Gasteiger charge is 2.68. The van der Waals surface area contributed by atoms with E-state index in [0.29, 0.717) is 17.8 Å². The van der Waals surface area contributed by atoms with Crippen LogP contribution in [-0.2, 0) is 11.3 Å². The SMILES string of the molecule is Cc1sc(=NC(=O)C2C(C)(C)C2(C)C)n(CCC[18F])c1C. The van der Waals surface area contributed by atoms with Gasteiger partial charge in [0.05, 0.1) is 12.6 Å². The molecular formula is C16H25FN2OS. The maximum absolute atomic E-state index is 12.5. The number of nitrogens with zero attached hydrogens (tertiary/aromatic N) is 2. The summed E-state index contributed by atoms with van der Waals surface area (Å²) in [4.78, 5) is 18.7. The zero-order valence-corrected chi connectivity index (χ0v) is 14.6. The van der Waals surface area contributed by atoms with Crippen molar-refractivity contribution in [3.05, 3.63) is 15.4 Å². The average Bonchev–Trinajstić information content (AvgIpc) is 2.62. The Morgan fingerprint density at radius 3 is 2.33 bits per heavy atom. The Hall–Kier alpha value is -0.970. The second-order valence-electron chi connectivity index (χ2n) is 7.05. The molecule has 0 bridgehead atoms. The van der Waals surface area contributed by atoms with Gasteiger partial charge in [0.25, 0.3) is 5.91 Å². The van der Waals surface area contributed by atoms with Crippen LogP contribution in [0.5, 0.6) is 0 Å². The van der Waals surface area contributed by atoms with Crippen molar-refractivity contribution >= 4 is 17.2 Å². The maximum atomic E-state index is 12.5. The smallest absolute Gasteiger partial charge is 0.252 e. The molecule has 0 spiro atoms. The van der Waals surface area contributed by atoms with E-state index < -0.39 is 0 Å². The van der Waals surface area contributed by atoms with Crippen molar-refractivity contribution in [3.8, 4) is 0 Å². The number of rotatable bonds is 4. The van der Waals surface area contributed by atoms with E-state index in [0.717, 1.165) is 10.6 Å². The van der Waals surface area contributed by atoms with Gasteiger partial charge in [-0.05, 0) is 31.1 Å². The zero-order valence-electron chi connectivity index (χ0n) is 13.8. The summed E-state index contributed by atoms with van der Waals surface area (Å²) < 4.78 is 14.4. The number of aromatic nitrogens is 1. The molecule has 1 aromatic heterocycles. The minimum Gasteiger partial charge on any atom is -0.321 e. The molecule has 1 fully saturated rings. The molecule has 5 heteroatoms. The van der Waals surface area contributed by atoms with Gasteiger partial charge >= 0.3 is 0 Å². The van der Waals surface area contributed by atoms with E-state index in [1.165, 1.54) is 11.3 Å².